The van der Waals surface area contributed by atoms with Gasteiger partial charge in [-0.1, -0.05) is 19.9 Å². The van der Waals surface area contributed by atoms with Gasteiger partial charge in [-0.15, -0.1) is 0 Å². The van der Waals surface area contributed by atoms with Crippen molar-refractivity contribution in [2.45, 2.75) is 76.8 Å². The highest BCUT2D eigenvalue weighted by molar-refractivity contribution is 5.71. The zero-order chi connectivity index (χ0) is 17.5. The van der Waals surface area contributed by atoms with E-state index in [2.05, 4.69) is 13.5 Å². The summed E-state index contributed by atoms with van der Waals surface area (Å²) in [4.78, 5) is 11.8. The molecule has 0 aliphatic carbocycles. The highest BCUT2D eigenvalue weighted by Crippen LogP contribution is 2.37. The first-order valence-electron chi connectivity index (χ1n) is 8.44. The lowest BCUT2D eigenvalue weighted by Crippen LogP contribution is -2.47. The van der Waals surface area contributed by atoms with E-state index in [-0.39, 0.29) is 30.9 Å². The number of carbonyl (C=O) groups excluding carboxylic acids is 1. The Morgan fingerprint density at radius 3 is 2.70 bits per heavy atom. The van der Waals surface area contributed by atoms with Gasteiger partial charge in [0.1, 0.15) is 12.2 Å². The van der Waals surface area contributed by atoms with Crippen LogP contribution in [0.2, 0.25) is 0 Å². The molecule has 2 unspecified atom stereocenters. The molecule has 1 fully saturated rings. The number of rotatable bonds is 9. The van der Waals surface area contributed by atoms with E-state index >= 15 is 0 Å². The van der Waals surface area contributed by atoms with Crippen molar-refractivity contribution in [1.82, 2.24) is 0 Å². The van der Waals surface area contributed by atoms with Gasteiger partial charge in [0.25, 0.3) is 0 Å². The standard InChI is InChI=1S/C18H32O5/c1-7-8-15(21-6)9-10-16-11-18(4,13(2)14(3)22-16)23-17(19)12-20-5/h14-16H,2,7-12H2,1,3-6H3/t14?,15-,16?,18-/m1/s1. The van der Waals surface area contributed by atoms with Crippen molar-refractivity contribution in [2.75, 3.05) is 20.8 Å². The van der Waals surface area contributed by atoms with Gasteiger partial charge in [-0.25, -0.2) is 4.79 Å². The molecule has 1 aliphatic heterocycles. The Bertz CT molecular complexity index is 395. The zero-order valence-electron chi connectivity index (χ0n) is 15.2. The third kappa shape index (κ3) is 5.90. The fraction of sp³-hybridized carbons (Fsp3) is 0.833. The maximum atomic E-state index is 11.8. The van der Waals surface area contributed by atoms with Crippen molar-refractivity contribution < 1.29 is 23.7 Å². The van der Waals surface area contributed by atoms with E-state index in [4.69, 9.17) is 18.9 Å². The first-order valence-corrected chi connectivity index (χ1v) is 8.44. The fourth-order valence-corrected chi connectivity index (χ4v) is 3.16. The zero-order valence-corrected chi connectivity index (χ0v) is 15.2. The fourth-order valence-electron chi connectivity index (χ4n) is 3.16. The second-order valence-corrected chi connectivity index (χ2v) is 6.49. The van der Waals surface area contributed by atoms with Crippen LogP contribution in [-0.2, 0) is 23.7 Å². The van der Waals surface area contributed by atoms with Crippen molar-refractivity contribution in [3.63, 3.8) is 0 Å². The molecule has 5 heteroatoms. The van der Waals surface area contributed by atoms with E-state index in [1.165, 1.54) is 7.11 Å². The third-order valence-corrected chi connectivity index (χ3v) is 4.54. The normalized spacial score (nSPS) is 29.3. The van der Waals surface area contributed by atoms with E-state index in [9.17, 15) is 4.79 Å². The van der Waals surface area contributed by atoms with Gasteiger partial charge in [0, 0.05) is 20.6 Å². The Morgan fingerprint density at radius 2 is 2.13 bits per heavy atom. The minimum atomic E-state index is -0.703. The van der Waals surface area contributed by atoms with Gasteiger partial charge in [0.15, 0.2) is 0 Å². The summed E-state index contributed by atoms with van der Waals surface area (Å²) in [5.41, 5.74) is 0.0979. The van der Waals surface area contributed by atoms with Crippen LogP contribution in [0.1, 0.15) is 52.9 Å². The summed E-state index contributed by atoms with van der Waals surface area (Å²) in [5, 5.41) is 0. The second-order valence-electron chi connectivity index (χ2n) is 6.49. The molecular formula is C18H32O5. The number of ether oxygens (including phenoxy) is 4. The molecule has 134 valence electrons. The summed E-state index contributed by atoms with van der Waals surface area (Å²) >= 11 is 0. The summed E-state index contributed by atoms with van der Waals surface area (Å²) in [6, 6.07) is 0. The largest absolute Gasteiger partial charge is 0.453 e. The van der Waals surface area contributed by atoms with Crippen LogP contribution in [-0.4, -0.2) is 50.7 Å². The number of methoxy groups -OCH3 is 2. The lowest BCUT2D eigenvalue weighted by Gasteiger charge is -2.43. The quantitative estimate of drug-likeness (QED) is 0.480. The molecule has 0 aromatic rings. The van der Waals surface area contributed by atoms with E-state index in [1.54, 1.807) is 7.11 Å². The molecule has 23 heavy (non-hydrogen) atoms. The van der Waals surface area contributed by atoms with E-state index in [1.807, 2.05) is 13.8 Å². The van der Waals surface area contributed by atoms with Crippen LogP contribution in [0.15, 0.2) is 12.2 Å². The Labute approximate surface area is 140 Å². The lowest BCUT2D eigenvalue weighted by molar-refractivity contribution is -0.170. The van der Waals surface area contributed by atoms with Crippen LogP contribution >= 0.6 is 0 Å². The molecule has 0 spiro atoms. The predicted molar refractivity (Wildman–Crippen MR) is 89.4 cm³/mol. The van der Waals surface area contributed by atoms with E-state index in [0.717, 1.165) is 31.3 Å². The summed E-state index contributed by atoms with van der Waals surface area (Å²) in [5.74, 6) is -0.371. The van der Waals surface area contributed by atoms with Crippen LogP contribution in [0.4, 0.5) is 0 Å². The Hall–Kier alpha value is -0.910. The van der Waals surface area contributed by atoms with Crippen LogP contribution in [0.3, 0.4) is 0 Å². The molecule has 0 saturated carbocycles. The molecule has 0 N–H and O–H groups in total. The first kappa shape index (κ1) is 20.1. The van der Waals surface area contributed by atoms with Crippen molar-refractivity contribution in [2.24, 2.45) is 0 Å². The van der Waals surface area contributed by atoms with Gasteiger partial charge in [-0.05, 0) is 38.7 Å². The van der Waals surface area contributed by atoms with Crippen LogP contribution in [0, 0.1) is 0 Å². The molecule has 0 aromatic carbocycles. The molecule has 0 aromatic heterocycles. The molecule has 0 radical (unpaired) electrons. The lowest BCUT2D eigenvalue weighted by atomic mass is 9.83. The van der Waals surface area contributed by atoms with Crippen LogP contribution in [0.5, 0.6) is 0 Å². The average Bonchev–Trinajstić information content (AvgIpc) is 2.49. The predicted octanol–water partition coefficient (Wildman–Crippen LogP) is 3.26. The maximum Gasteiger partial charge on any atom is 0.332 e. The van der Waals surface area contributed by atoms with Gasteiger partial charge >= 0.3 is 5.97 Å². The van der Waals surface area contributed by atoms with Crippen molar-refractivity contribution in [3.8, 4) is 0 Å². The Kier molecular flexibility index (Phi) is 8.23. The van der Waals surface area contributed by atoms with Crippen LogP contribution in [0.25, 0.3) is 0 Å². The van der Waals surface area contributed by atoms with Gasteiger partial charge in [0.2, 0.25) is 0 Å². The SMILES string of the molecule is C=C1C(C)OC(CC[C@@H](CCC)OC)C[C@@]1(C)OC(=O)COC. The van der Waals surface area contributed by atoms with E-state index < -0.39 is 5.60 Å². The van der Waals surface area contributed by atoms with E-state index in [0.29, 0.717) is 6.42 Å². The Morgan fingerprint density at radius 1 is 1.43 bits per heavy atom. The number of carbonyl (C=O) groups is 1. The highest BCUT2D eigenvalue weighted by Gasteiger charge is 2.42. The molecule has 5 nitrogen and oxygen atoms in total. The molecule has 0 amide bonds. The smallest absolute Gasteiger partial charge is 0.332 e. The van der Waals surface area contributed by atoms with Crippen molar-refractivity contribution >= 4 is 5.97 Å². The van der Waals surface area contributed by atoms with Gasteiger partial charge in [-0.3, -0.25) is 0 Å². The second kappa shape index (κ2) is 9.40. The van der Waals surface area contributed by atoms with Gasteiger partial charge < -0.3 is 18.9 Å². The molecule has 4 atom stereocenters. The molecule has 1 heterocycles. The average molecular weight is 328 g/mol. The minimum absolute atomic E-state index is 0.0327. The molecule has 1 saturated heterocycles. The number of esters is 1. The van der Waals surface area contributed by atoms with Crippen molar-refractivity contribution in [1.29, 1.82) is 0 Å². The van der Waals surface area contributed by atoms with Gasteiger partial charge in [-0.2, -0.15) is 0 Å². The number of hydrogen-bond acceptors (Lipinski definition) is 5. The summed E-state index contributed by atoms with van der Waals surface area (Å²) in [7, 11) is 3.23. The summed E-state index contributed by atoms with van der Waals surface area (Å²) in [6.07, 6.45) is 4.74. The first-order chi connectivity index (χ1) is 10.9. The monoisotopic (exact) mass is 328 g/mol. The molecule has 1 aliphatic rings. The topological polar surface area (TPSA) is 54.0 Å². The van der Waals surface area contributed by atoms with Crippen molar-refractivity contribution in [3.05, 3.63) is 12.2 Å². The summed E-state index contributed by atoms with van der Waals surface area (Å²) in [6.45, 7) is 10.0. The third-order valence-electron chi connectivity index (χ3n) is 4.54. The van der Waals surface area contributed by atoms with Gasteiger partial charge in [0.05, 0.1) is 18.3 Å². The highest BCUT2D eigenvalue weighted by atomic mass is 16.6. The number of hydrogen-bond donors (Lipinski definition) is 0. The Balaban J connectivity index is 2.66. The summed E-state index contributed by atoms with van der Waals surface area (Å²) < 4.78 is 22.0. The van der Waals surface area contributed by atoms with Crippen LogP contribution < -0.4 is 0 Å². The molecular weight excluding hydrogens is 296 g/mol. The minimum Gasteiger partial charge on any atom is -0.453 e. The molecule has 0 bridgehead atoms. The molecule has 1 rings (SSSR count). The maximum absolute atomic E-state index is 11.8.